The smallest absolute Gasteiger partial charge is 0.410 e. The molecule has 2 aliphatic heterocycles. The number of unbranched alkanes of at least 4 members (excludes halogenated alkanes) is 1. The first-order chi connectivity index (χ1) is 21.0. The fourth-order valence-corrected chi connectivity index (χ4v) is 6.36. The Kier molecular flexibility index (Phi) is 11.4. The van der Waals surface area contributed by atoms with Crippen molar-refractivity contribution in [1.29, 1.82) is 0 Å². The number of aromatic nitrogens is 2. The molecular formula is C30H45N7O6S. The molecule has 0 bridgehead atoms. The number of morpholine rings is 1. The van der Waals surface area contributed by atoms with Gasteiger partial charge >= 0.3 is 6.09 Å². The van der Waals surface area contributed by atoms with Gasteiger partial charge in [0.2, 0.25) is 16.0 Å². The number of sulfonamides is 1. The molecule has 1 unspecified atom stereocenters. The second kappa shape index (κ2) is 15.0. The molecule has 242 valence electrons. The van der Waals surface area contributed by atoms with Gasteiger partial charge in [-0.2, -0.15) is 9.29 Å². The maximum Gasteiger partial charge on any atom is 0.410 e. The predicted molar refractivity (Wildman–Crippen MR) is 168 cm³/mol. The molecule has 1 aromatic carbocycles. The van der Waals surface area contributed by atoms with E-state index in [2.05, 4.69) is 32.8 Å². The van der Waals surface area contributed by atoms with Crippen molar-refractivity contribution < 1.29 is 27.5 Å². The largest absolute Gasteiger partial charge is 0.444 e. The molecule has 2 amide bonds. The zero-order chi connectivity index (χ0) is 31.7. The molecule has 3 N–H and O–H groups in total. The summed E-state index contributed by atoms with van der Waals surface area (Å²) >= 11 is 0. The number of nitrogens with zero attached hydrogens (tertiary/aromatic N) is 4. The van der Waals surface area contributed by atoms with Crippen molar-refractivity contribution in [1.82, 2.24) is 19.2 Å². The van der Waals surface area contributed by atoms with Gasteiger partial charge in [0.15, 0.2) is 0 Å². The summed E-state index contributed by atoms with van der Waals surface area (Å²) in [5.74, 6) is 0.488. The zero-order valence-corrected chi connectivity index (χ0v) is 26.9. The van der Waals surface area contributed by atoms with Crippen molar-refractivity contribution in [2.24, 2.45) is 5.92 Å². The number of piperidine rings is 1. The predicted octanol–water partition coefficient (Wildman–Crippen LogP) is 4.02. The lowest BCUT2D eigenvalue weighted by Crippen LogP contribution is -2.44. The van der Waals surface area contributed by atoms with E-state index >= 15 is 0 Å². The highest BCUT2D eigenvalue weighted by atomic mass is 32.2. The van der Waals surface area contributed by atoms with Gasteiger partial charge in [-0.1, -0.05) is 13.3 Å². The first kappa shape index (κ1) is 33.4. The van der Waals surface area contributed by atoms with E-state index in [-0.39, 0.29) is 22.5 Å². The van der Waals surface area contributed by atoms with E-state index in [0.29, 0.717) is 69.9 Å². The number of ether oxygens (including phenoxy) is 2. The monoisotopic (exact) mass is 631 g/mol. The zero-order valence-electron chi connectivity index (χ0n) is 26.1. The highest BCUT2D eigenvalue weighted by Gasteiger charge is 2.29. The molecule has 1 aromatic heterocycles. The van der Waals surface area contributed by atoms with Crippen LogP contribution in [0.1, 0.15) is 63.7 Å². The van der Waals surface area contributed by atoms with Crippen LogP contribution in [0.25, 0.3) is 0 Å². The molecule has 2 aromatic rings. The number of likely N-dealkylation sites (tertiary alicyclic amines) is 1. The molecule has 13 nitrogen and oxygen atoms in total. The SMILES string of the molecule is CCCCNc1ncc(C(=O)Nc2ccc(S(=O)(=O)N3CCOCC3)cc2)c(NCC2CCCN(C(=O)OC(C)(C)C)C2)n1. The summed E-state index contributed by atoms with van der Waals surface area (Å²) in [5.41, 5.74) is 0.118. The third kappa shape index (κ3) is 9.26. The van der Waals surface area contributed by atoms with Gasteiger partial charge in [0, 0.05) is 51.2 Å². The minimum absolute atomic E-state index is 0.139. The fraction of sp³-hybridized carbons (Fsp3) is 0.600. The Morgan fingerprint density at radius 3 is 2.50 bits per heavy atom. The Balaban J connectivity index is 1.45. The van der Waals surface area contributed by atoms with E-state index in [1.165, 1.54) is 22.6 Å². The average molecular weight is 632 g/mol. The fourth-order valence-electron chi connectivity index (χ4n) is 4.95. The molecule has 2 saturated heterocycles. The Morgan fingerprint density at radius 1 is 1.09 bits per heavy atom. The highest BCUT2D eigenvalue weighted by Crippen LogP contribution is 2.23. The van der Waals surface area contributed by atoms with Gasteiger partial charge in [0.1, 0.15) is 17.0 Å². The van der Waals surface area contributed by atoms with Crippen molar-refractivity contribution in [3.63, 3.8) is 0 Å². The topological polar surface area (TPSA) is 155 Å². The lowest BCUT2D eigenvalue weighted by molar-refractivity contribution is 0.0172. The molecule has 0 spiro atoms. The summed E-state index contributed by atoms with van der Waals surface area (Å²) < 4.78 is 38.1. The summed E-state index contributed by atoms with van der Waals surface area (Å²) in [6.07, 6.45) is 4.89. The summed E-state index contributed by atoms with van der Waals surface area (Å²) in [6, 6.07) is 6.09. The number of anilines is 3. The van der Waals surface area contributed by atoms with Gasteiger partial charge in [0.25, 0.3) is 5.91 Å². The molecule has 14 heteroatoms. The molecule has 2 aliphatic rings. The third-order valence-corrected chi connectivity index (χ3v) is 9.21. The van der Waals surface area contributed by atoms with E-state index in [1.54, 1.807) is 17.0 Å². The van der Waals surface area contributed by atoms with Gasteiger partial charge in [-0.3, -0.25) is 4.79 Å². The summed E-state index contributed by atoms with van der Waals surface area (Å²) in [7, 11) is -3.65. The number of carbonyl (C=O) groups excluding carboxylic acids is 2. The van der Waals surface area contributed by atoms with Gasteiger partial charge in [0.05, 0.1) is 18.1 Å². The van der Waals surface area contributed by atoms with Crippen molar-refractivity contribution in [3.8, 4) is 0 Å². The van der Waals surface area contributed by atoms with Crippen LogP contribution in [0.5, 0.6) is 0 Å². The van der Waals surface area contributed by atoms with Gasteiger partial charge < -0.3 is 30.3 Å². The average Bonchev–Trinajstić information content (AvgIpc) is 3.00. The number of benzene rings is 1. The van der Waals surface area contributed by atoms with Crippen LogP contribution < -0.4 is 16.0 Å². The van der Waals surface area contributed by atoms with Crippen LogP contribution in [0, 0.1) is 5.92 Å². The molecule has 3 heterocycles. The number of rotatable bonds is 11. The van der Waals surface area contributed by atoms with Crippen molar-refractivity contribution in [2.45, 2.75) is 63.9 Å². The van der Waals surface area contributed by atoms with E-state index < -0.39 is 21.5 Å². The van der Waals surface area contributed by atoms with Crippen LogP contribution in [0.15, 0.2) is 35.4 Å². The lowest BCUT2D eigenvalue weighted by Gasteiger charge is -2.34. The molecule has 0 radical (unpaired) electrons. The van der Waals surface area contributed by atoms with Gasteiger partial charge in [-0.15, -0.1) is 0 Å². The summed E-state index contributed by atoms with van der Waals surface area (Å²) in [4.78, 5) is 36.9. The van der Waals surface area contributed by atoms with Crippen LogP contribution in [-0.2, 0) is 19.5 Å². The number of hydrogen-bond donors (Lipinski definition) is 3. The van der Waals surface area contributed by atoms with Crippen LogP contribution in [0.4, 0.5) is 22.2 Å². The first-order valence-electron chi connectivity index (χ1n) is 15.3. The van der Waals surface area contributed by atoms with Crippen LogP contribution in [0.2, 0.25) is 0 Å². The highest BCUT2D eigenvalue weighted by molar-refractivity contribution is 7.89. The maximum absolute atomic E-state index is 13.4. The van der Waals surface area contributed by atoms with Crippen LogP contribution in [-0.4, -0.2) is 97.7 Å². The van der Waals surface area contributed by atoms with E-state index in [4.69, 9.17) is 9.47 Å². The maximum atomic E-state index is 13.4. The number of carbonyl (C=O) groups is 2. The van der Waals surface area contributed by atoms with E-state index in [0.717, 1.165) is 25.7 Å². The Morgan fingerprint density at radius 2 is 1.82 bits per heavy atom. The van der Waals surface area contributed by atoms with Gasteiger partial charge in [-0.25, -0.2) is 18.2 Å². The Labute approximate surface area is 260 Å². The molecule has 44 heavy (non-hydrogen) atoms. The number of hydrogen-bond acceptors (Lipinski definition) is 10. The molecule has 1 atom stereocenters. The minimum atomic E-state index is -3.65. The standard InChI is InChI=1S/C30H45N7O6S/c1-5-6-13-31-28-33-20-25(26(35-28)32-19-22-8-7-14-36(21-22)29(39)43-30(2,3)4)27(38)34-23-9-11-24(12-10-23)44(40,41)37-15-17-42-18-16-37/h9-12,20,22H,5-8,13-19,21H2,1-4H3,(H,34,38)(H2,31,32,33,35). The molecule has 2 fully saturated rings. The van der Waals surface area contributed by atoms with Crippen LogP contribution in [0.3, 0.4) is 0 Å². The lowest BCUT2D eigenvalue weighted by atomic mass is 9.98. The second-order valence-corrected chi connectivity index (χ2v) is 14.0. The minimum Gasteiger partial charge on any atom is -0.444 e. The first-order valence-corrected chi connectivity index (χ1v) is 16.7. The van der Waals surface area contributed by atoms with Crippen molar-refractivity contribution >= 4 is 39.5 Å². The second-order valence-electron chi connectivity index (χ2n) is 12.0. The third-order valence-electron chi connectivity index (χ3n) is 7.30. The van der Waals surface area contributed by atoms with Crippen LogP contribution >= 0.6 is 0 Å². The van der Waals surface area contributed by atoms with E-state index in [9.17, 15) is 18.0 Å². The number of amides is 2. The molecule has 0 aliphatic carbocycles. The Hall–Kier alpha value is -3.49. The molecular weight excluding hydrogens is 586 g/mol. The number of nitrogens with one attached hydrogen (secondary N) is 3. The molecule has 0 saturated carbocycles. The molecule has 4 rings (SSSR count). The van der Waals surface area contributed by atoms with Gasteiger partial charge in [-0.05, 0) is 70.2 Å². The van der Waals surface area contributed by atoms with E-state index in [1.807, 2.05) is 20.8 Å². The normalized spacial score (nSPS) is 18.0. The summed E-state index contributed by atoms with van der Waals surface area (Å²) in [6.45, 7) is 11.4. The summed E-state index contributed by atoms with van der Waals surface area (Å²) in [5, 5.41) is 9.36. The quantitative estimate of drug-likeness (QED) is 0.310. The van der Waals surface area contributed by atoms with Crippen molar-refractivity contribution in [3.05, 3.63) is 36.0 Å². The van der Waals surface area contributed by atoms with Crippen molar-refractivity contribution in [2.75, 3.05) is 68.4 Å². The Bertz CT molecular complexity index is 1380.